The number of ether oxygens (including phenoxy) is 3. The van der Waals surface area contributed by atoms with Crippen LogP contribution in [0, 0.1) is 0 Å². The van der Waals surface area contributed by atoms with Crippen molar-refractivity contribution in [1.82, 2.24) is 0 Å². The zero-order valence-electron chi connectivity index (χ0n) is 15.2. The zero-order chi connectivity index (χ0) is 17.6. The number of nitrogens with two attached hydrogens (primary N) is 2. The van der Waals surface area contributed by atoms with Gasteiger partial charge >= 0.3 is 15.3 Å². The van der Waals surface area contributed by atoms with Crippen molar-refractivity contribution in [2.24, 2.45) is 11.5 Å². The van der Waals surface area contributed by atoms with E-state index in [2.05, 4.69) is 0 Å². The van der Waals surface area contributed by atoms with E-state index >= 15 is 0 Å². The highest BCUT2D eigenvalue weighted by atomic mass is 28.3. The quantitative estimate of drug-likeness (QED) is 0.317. The predicted molar refractivity (Wildman–Crippen MR) is 93.4 cm³/mol. The Labute approximate surface area is 142 Å². The van der Waals surface area contributed by atoms with Crippen LogP contribution in [0.15, 0.2) is 0 Å². The van der Waals surface area contributed by atoms with E-state index in [1.165, 1.54) is 0 Å². The van der Waals surface area contributed by atoms with Gasteiger partial charge in [0.05, 0.1) is 0 Å². The van der Waals surface area contributed by atoms with Gasteiger partial charge in [-0.1, -0.05) is 0 Å². The molecule has 0 amide bonds. The second-order valence-corrected chi connectivity index (χ2v) is 7.20. The highest BCUT2D eigenvalue weighted by Gasteiger charge is 2.34. The van der Waals surface area contributed by atoms with Crippen LogP contribution in [0.4, 0.5) is 0 Å². The number of rotatable bonds is 16. The van der Waals surface area contributed by atoms with Crippen LogP contribution in [-0.2, 0) is 23.1 Å². The highest BCUT2D eigenvalue weighted by molar-refractivity contribution is 6.44. The van der Waals surface area contributed by atoms with Crippen molar-refractivity contribution < 1.29 is 23.1 Å². The van der Waals surface area contributed by atoms with Crippen molar-refractivity contribution in [3.8, 4) is 0 Å². The smallest absolute Gasteiger partial charge is 0.321 e. The Kier molecular flexibility index (Phi) is 14.3. The minimum absolute atomic E-state index is 0.0921. The third kappa shape index (κ3) is 10.4. The molecule has 23 heavy (non-hydrogen) atoms. The van der Waals surface area contributed by atoms with Gasteiger partial charge in [0.2, 0.25) is 0 Å². The summed E-state index contributed by atoms with van der Waals surface area (Å²) in [5, 5.41) is 0. The molecule has 0 fully saturated rings. The number of hydrogen-bond donors (Lipinski definition) is 2. The summed E-state index contributed by atoms with van der Waals surface area (Å²) in [5.74, 6) is -1.15. The van der Waals surface area contributed by atoms with E-state index in [-0.39, 0.29) is 12.6 Å². The average molecular weight is 353 g/mol. The molecule has 0 heterocycles. The molecule has 0 aliphatic rings. The van der Waals surface area contributed by atoms with Crippen LogP contribution in [-0.4, -0.2) is 60.9 Å². The summed E-state index contributed by atoms with van der Waals surface area (Å²) in [7, 11) is -1.85. The Morgan fingerprint density at radius 3 is 1.87 bits per heavy atom. The van der Waals surface area contributed by atoms with Gasteiger partial charge in [-0.2, -0.15) is 0 Å². The molecule has 2 unspecified atom stereocenters. The van der Waals surface area contributed by atoms with Gasteiger partial charge in [0.25, 0.3) is 0 Å². The SMILES string of the molecule is CCO[SiH](CCC(N)CCN)OCC(OCC)(OCC)OCC. The lowest BCUT2D eigenvalue weighted by Crippen LogP contribution is -2.46. The molecule has 140 valence electrons. The monoisotopic (exact) mass is 352 g/mol. The molecule has 0 aromatic heterocycles. The predicted octanol–water partition coefficient (Wildman–Crippen LogP) is 1.09. The van der Waals surface area contributed by atoms with Gasteiger partial charge in [-0.3, -0.25) is 0 Å². The van der Waals surface area contributed by atoms with Gasteiger partial charge in [-0.15, -0.1) is 0 Å². The van der Waals surface area contributed by atoms with Crippen molar-refractivity contribution in [1.29, 1.82) is 0 Å². The van der Waals surface area contributed by atoms with Gasteiger partial charge in [0, 0.05) is 32.5 Å². The Hall–Kier alpha value is -0.0631. The lowest BCUT2D eigenvalue weighted by molar-refractivity contribution is -0.386. The summed E-state index contributed by atoms with van der Waals surface area (Å²) < 4.78 is 28.7. The molecule has 0 bridgehead atoms. The largest absolute Gasteiger partial charge is 0.397 e. The molecule has 7 nitrogen and oxygen atoms in total. The highest BCUT2D eigenvalue weighted by Crippen LogP contribution is 2.18. The summed E-state index contributed by atoms with van der Waals surface area (Å²) in [6.45, 7) is 10.5. The minimum atomic E-state index is -1.85. The first-order valence-corrected chi connectivity index (χ1v) is 10.4. The molecule has 0 aliphatic carbocycles. The molecule has 4 N–H and O–H groups in total. The van der Waals surface area contributed by atoms with Crippen molar-refractivity contribution in [3.63, 3.8) is 0 Å². The van der Waals surface area contributed by atoms with Crippen molar-refractivity contribution in [3.05, 3.63) is 0 Å². The van der Waals surface area contributed by atoms with Gasteiger partial charge < -0.3 is 34.5 Å². The minimum Gasteiger partial charge on any atom is -0.397 e. The third-order valence-electron chi connectivity index (χ3n) is 3.20. The van der Waals surface area contributed by atoms with E-state index in [1.54, 1.807) is 0 Å². The molecule has 0 aromatic carbocycles. The van der Waals surface area contributed by atoms with Crippen LogP contribution in [0.3, 0.4) is 0 Å². The Morgan fingerprint density at radius 2 is 1.43 bits per heavy atom. The van der Waals surface area contributed by atoms with Gasteiger partial charge in [0.1, 0.15) is 6.61 Å². The molecular weight excluding hydrogens is 316 g/mol. The van der Waals surface area contributed by atoms with Crippen LogP contribution < -0.4 is 11.5 Å². The third-order valence-corrected chi connectivity index (χ3v) is 5.25. The van der Waals surface area contributed by atoms with Gasteiger partial charge in [-0.25, -0.2) is 0 Å². The maximum Gasteiger partial charge on any atom is 0.321 e. The fraction of sp³-hybridized carbons (Fsp3) is 1.00. The summed E-state index contributed by atoms with van der Waals surface area (Å²) in [6.07, 6.45) is 1.66. The Morgan fingerprint density at radius 1 is 0.870 bits per heavy atom. The summed E-state index contributed by atoms with van der Waals surface area (Å²) in [4.78, 5) is 0. The van der Waals surface area contributed by atoms with Gasteiger partial charge in [-0.05, 0) is 53.1 Å². The topological polar surface area (TPSA) is 98.2 Å². The van der Waals surface area contributed by atoms with Crippen LogP contribution in [0.1, 0.15) is 40.5 Å². The second kappa shape index (κ2) is 14.3. The first-order valence-electron chi connectivity index (χ1n) is 8.68. The maximum atomic E-state index is 6.01. The van der Waals surface area contributed by atoms with E-state index in [4.69, 9.17) is 34.5 Å². The zero-order valence-corrected chi connectivity index (χ0v) is 16.4. The molecule has 0 aliphatic heterocycles. The fourth-order valence-electron chi connectivity index (χ4n) is 2.21. The van der Waals surface area contributed by atoms with E-state index in [9.17, 15) is 0 Å². The molecule has 0 saturated carbocycles. The molecule has 8 heteroatoms. The van der Waals surface area contributed by atoms with E-state index in [0.29, 0.717) is 33.0 Å². The fourth-order valence-corrected chi connectivity index (χ4v) is 4.11. The Bertz CT molecular complexity index is 257. The summed E-state index contributed by atoms with van der Waals surface area (Å²) >= 11 is 0. The first-order chi connectivity index (χ1) is 11.1. The lowest BCUT2D eigenvalue weighted by Gasteiger charge is -2.33. The van der Waals surface area contributed by atoms with Crippen LogP contribution in [0.5, 0.6) is 0 Å². The summed E-state index contributed by atoms with van der Waals surface area (Å²) in [5.41, 5.74) is 11.5. The maximum absolute atomic E-state index is 6.01. The van der Waals surface area contributed by atoms with Crippen molar-refractivity contribution in [2.45, 2.75) is 58.6 Å². The number of hydrogen-bond acceptors (Lipinski definition) is 7. The molecule has 2 atom stereocenters. The van der Waals surface area contributed by atoms with Gasteiger partial charge in [0.15, 0.2) is 0 Å². The molecule has 0 saturated heterocycles. The van der Waals surface area contributed by atoms with Crippen LogP contribution >= 0.6 is 0 Å². The van der Waals surface area contributed by atoms with E-state index in [0.717, 1.165) is 18.9 Å². The molecule has 0 rings (SSSR count). The lowest BCUT2D eigenvalue weighted by atomic mass is 10.2. The van der Waals surface area contributed by atoms with Crippen LogP contribution in [0.25, 0.3) is 0 Å². The van der Waals surface area contributed by atoms with E-state index < -0.39 is 15.3 Å². The molecule has 0 radical (unpaired) electrons. The standard InChI is InChI=1S/C15H36N2O5Si/c1-5-18-15(19-6-2,20-7-3)13-22-23(21-8-4)12-10-14(17)9-11-16/h14,23H,5-13,16-17H2,1-4H3. The van der Waals surface area contributed by atoms with Crippen molar-refractivity contribution in [2.75, 3.05) is 39.6 Å². The van der Waals surface area contributed by atoms with E-state index in [1.807, 2.05) is 27.7 Å². The first kappa shape index (κ1) is 22.9. The molecule has 0 aromatic rings. The van der Waals surface area contributed by atoms with Crippen LogP contribution in [0.2, 0.25) is 6.04 Å². The Balaban J connectivity index is 4.56. The second-order valence-electron chi connectivity index (χ2n) is 5.09. The average Bonchev–Trinajstić information content (AvgIpc) is 2.51. The normalized spacial score (nSPS) is 14.9. The molecule has 0 spiro atoms. The molecular formula is C15H36N2O5Si. The summed E-state index contributed by atoms with van der Waals surface area (Å²) in [6, 6.07) is 0.921. The van der Waals surface area contributed by atoms with Crippen molar-refractivity contribution >= 4 is 9.28 Å².